The first kappa shape index (κ1) is 16.9. The summed E-state index contributed by atoms with van der Waals surface area (Å²) in [5, 5.41) is 0.674. The number of nitrogens with one attached hydrogen (secondary N) is 2. The molecule has 1 atom stereocenters. The Kier molecular flexibility index (Phi) is 4.35. The summed E-state index contributed by atoms with van der Waals surface area (Å²) in [7, 11) is 1.65. The topological polar surface area (TPSA) is 85.3 Å². The third-order valence-corrected chi connectivity index (χ3v) is 5.70. The zero-order valence-electron chi connectivity index (χ0n) is 14.4. The summed E-state index contributed by atoms with van der Waals surface area (Å²) in [6, 6.07) is 0. The number of hydrogen-bond donors (Lipinski definition) is 2. The van der Waals surface area contributed by atoms with Gasteiger partial charge in [0.05, 0.1) is 17.6 Å². The van der Waals surface area contributed by atoms with Gasteiger partial charge in [-0.15, -0.1) is 11.3 Å². The highest BCUT2D eigenvalue weighted by atomic mass is 32.1. The molecule has 7 nitrogen and oxygen atoms in total. The first-order chi connectivity index (χ1) is 11.4. The lowest BCUT2D eigenvalue weighted by Gasteiger charge is -2.32. The SMILES string of the molecule is CCC(=O)NNc1nc2sc3c(c2c(=O)n1C)CC(C)(CC)OC3. The summed E-state index contributed by atoms with van der Waals surface area (Å²) in [4.78, 5) is 30.5. The smallest absolute Gasteiger partial charge is 0.263 e. The van der Waals surface area contributed by atoms with E-state index in [9.17, 15) is 9.59 Å². The van der Waals surface area contributed by atoms with Crippen LogP contribution in [0.15, 0.2) is 4.79 Å². The molecule has 0 radical (unpaired) electrons. The zero-order valence-corrected chi connectivity index (χ0v) is 15.2. The van der Waals surface area contributed by atoms with Gasteiger partial charge in [0.25, 0.3) is 5.56 Å². The van der Waals surface area contributed by atoms with E-state index in [2.05, 4.69) is 29.7 Å². The summed E-state index contributed by atoms with van der Waals surface area (Å²) in [6.45, 7) is 6.44. The molecule has 3 heterocycles. The van der Waals surface area contributed by atoms with E-state index in [1.807, 2.05) is 0 Å². The van der Waals surface area contributed by atoms with Gasteiger partial charge in [0.15, 0.2) is 0 Å². The number of aromatic nitrogens is 2. The largest absolute Gasteiger partial charge is 0.369 e. The monoisotopic (exact) mass is 350 g/mol. The van der Waals surface area contributed by atoms with Crippen molar-refractivity contribution in [2.45, 2.75) is 52.2 Å². The fraction of sp³-hybridized carbons (Fsp3) is 0.562. The van der Waals surface area contributed by atoms with Gasteiger partial charge >= 0.3 is 0 Å². The summed E-state index contributed by atoms with van der Waals surface area (Å²) < 4.78 is 7.40. The van der Waals surface area contributed by atoms with E-state index < -0.39 is 0 Å². The predicted octanol–water partition coefficient (Wildman–Crippen LogP) is 2.09. The quantitative estimate of drug-likeness (QED) is 0.825. The number of fused-ring (bicyclic) bond motifs is 3. The molecule has 1 unspecified atom stereocenters. The summed E-state index contributed by atoms with van der Waals surface area (Å²) in [5.41, 5.74) is 5.98. The third-order valence-electron chi connectivity index (χ3n) is 4.60. The lowest BCUT2D eigenvalue weighted by Crippen LogP contribution is -2.35. The second-order valence-corrected chi connectivity index (χ2v) is 7.36. The second kappa shape index (κ2) is 6.18. The zero-order chi connectivity index (χ0) is 17.5. The minimum absolute atomic E-state index is 0.105. The molecule has 0 spiro atoms. The van der Waals surface area contributed by atoms with Crippen LogP contribution in [0.3, 0.4) is 0 Å². The van der Waals surface area contributed by atoms with Crippen molar-refractivity contribution in [2.24, 2.45) is 7.05 Å². The van der Waals surface area contributed by atoms with Crippen LogP contribution in [0, 0.1) is 0 Å². The molecule has 8 heteroatoms. The highest BCUT2D eigenvalue weighted by molar-refractivity contribution is 7.18. The van der Waals surface area contributed by atoms with Crippen molar-refractivity contribution in [2.75, 3.05) is 5.43 Å². The summed E-state index contributed by atoms with van der Waals surface area (Å²) in [6.07, 6.45) is 1.96. The molecule has 0 saturated carbocycles. The number of carbonyl (C=O) groups excluding carboxylic acids is 1. The molecule has 1 amide bonds. The van der Waals surface area contributed by atoms with Crippen LogP contribution in [0.4, 0.5) is 5.95 Å². The van der Waals surface area contributed by atoms with Crippen molar-refractivity contribution in [1.82, 2.24) is 15.0 Å². The van der Waals surface area contributed by atoms with Crippen LogP contribution in [-0.2, 0) is 29.6 Å². The number of hydrogen-bond acceptors (Lipinski definition) is 6. The second-order valence-electron chi connectivity index (χ2n) is 6.28. The van der Waals surface area contributed by atoms with Gasteiger partial charge in [-0.3, -0.25) is 25.0 Å². The Morgan fingerprint density at radius 3 is 2.88 bits per heavy atom. The van der Waals surface area contributed by atoms with E-state index in [0.29, 0.717) is 29.2 Å². The van der Waals surface area contributed by atoms with Crippen LogP contribution in [0.5, 0.6) is 0 Å². The molecule has 24 heavy (non-hydrogen) atoms. The summed E-state index contributed by atoms with van der Waals surface area (Å²) >= 11 is 1.49. The first-order valence-electron chi connectivity index (χ1n) is 8.08. The molecule has 1 aliphatic rings. The molecule has 0 saturated heterocycles. The van der Waals surface area contributed by atoms with Crippen LogP contribution >= 0.6 is 11.3 Å². The molecule has 2 aromatic rings. The van der Waals surface area contributed by atoms with Crippen LogP contribution in [0.2, 0.25) is 0 Å². The van der Waals surface area contributed by atoms with Gasteiger partial charge in [-0.2, -0.15) is 0 Å². The Morgan fingerprint density at radius 1 is 1.46 bits per heavy atom. The summed E-state index contributed by atoms with van der Waals surface area (Å²) in [5.74, 6) is 0.161. The molecule has 0 fully saturated rings. The van der Waals surface area contributed by atoms with Gasteiger partial charge in [-0.1, -0.05) is 13.8 Å². The average Bonchev–Trinajstić information content (AvgIpc) is 2.93. The molecule has 3 rings (SSSR count). The van der Waals surface area contributed by atoms with Gasteiger partial charge in [0.1, 0.15) is 4.83 Å². The fourth-order valence-corrected chi connectivity index (χ4v) is 3.85. The molecule has 0 aliphatic carbocycles. The number of carbonyl (C=O) groups is 1. The maximum atomic E-state index is 12.8. The molecule has 0 bridgehead atoms. The number of amides is 1. The number of rotatable bonds is 4. The number of ether oxygens (including phenoxy) is 1. The Hall–Kier alpha value is -1.93. The first-order valence-corrected chi connectivity index (χ1v) is 8.90. The predicted molar refractivity (Wildman–Crippen MR) is 94.1 cm³/mol. The highest BCUT2D eigenvalue weighted by Crippen LogP contribution is 2.38. The van der Waals surface area contributed by atoms with Gasteiger partial charge in [0.2, 0.25) is 11.9 Å². The Morgan fingerprint density at radius 2 is 2.21 bits per heavy atom. The molecular formula is C16H22N4O3S. The van der Waals surface area contributed by atoms with Crippen molar-refractivity contribution in [3.8, 4) is 0 Å². The standard InChI is InChI=1S/C16H22N4O3S/c1-5-11(21)18-19-15-17-13-12(14(22)20(15)4)9-7-16(3,6-2)23-8-10(9)24-13/h5-8H2,1-4H3,(H,17,19)(H,18,21). The van der Waals surface area contributed by atoms with Gasteiger partial charge in [-0.05, 0) is 18.9 Å². The van der Waals surface area contributed by atoms with E-state index in [4.69, 9.17) is 4.74 Å². The van der Waals surface area contributed by atoms with Crippen molar-refractivity contribution < 1.29 is 9.53 Å². The number of anilines is 1. The Bertz CT molecular complexity index is 857. The molecule has 2 N–H and O–H groups in total. The van der Waals surface area contributed by atoms with Crippen molar-refractivity contribution in [1.29, 1.82) is 0 Å². The number of thiophene rings is 1. The van der Waals surface area contributed by atoms with E-state index >= 15 is 0 Å². The van der Waals surface area contributed by atoms with Crippen LogP contribution < -0.4 is 16.4 Å². The maximum absolute atomic E-state index is 12.8. The molecule has 2 aromatic heterocycles. The van der Waals surface area contributed by atoms with Gasteiger partial charge in [0, 0.05) is 24.8 Å². The maximum Gasteiger partial charge on any atom is 0.263 e. The van der Waals surface area contributed by atoms with E-state index in [0.717, 1.165) is 23.3 Å². The van der Waals surface area contributed by atoms with Gasteiger partial charge in [-0.25, -0.2) is 4.98 Å². The molecule has 1 aliphatic heterocycles. The lowest BCUT2D eigenvalue weighted by atomic mass is 9.90. The Labute approximate surface area is 144 Å². The van der Waals surface area contributed by atoms with Crippen LogP contribution in [-0.4, -0.2) is 21.1 Å². The normalized spacial score (nSPS) is 20.0. The fourth-order valence-electron chi connectivity index (χ4n) is 2.75. The van der Waals surface area contributed by atoms with E-state index in [1.165, 1.54) is 15.9 Å². The molecular weight excluding hydrogens is 328 g/mol. The number of hydrazine groups is 1. The van der Waals surface area contributed by atoms with E-state index in [-0.39, 0.29) is 17.1 Å². The molecule has 0 aromatic carbocycles. The van der Waals surface area contributed by atoms with Gasteiger partial charge < -0.3 is 4.74 Å². The minimum atomic E-state index is -0.238. The lowest BCUT2D eigenvalue weighted by molar-refractivity contribution is -0.120. The van der Waals surface area contributed by atoms with Crippen molar-refractivity contribution >= 4 is 33.4 Å². The average molecular weight is 350 g/mol. The highest BCUT2D eigenvalue weighted by Gasteiger charge is 2.33. The van der Waals surface area contributed by atoms with Crippen LogP contribution in [0.1, 0.15) is 44.1 Å². The van der Waals surface area contributed by atoms with Crippen molar-refractivity contribution in [3.63, 3.8) is 0 Å². The molecule has 130 valence electrons. The van der Waals surface area contributed by atoms with Crippen molar-refractivity contribution in [3.05, 3.63) is 20.8 Å². The van der Waals surface area contributed by atoms with E-state index in [1.54, 1.807) is 14.0 Å². The number of nitrogens with zero attached hydrogens (tertiary/aromatic N) is 2. The third kappa shape index (κ3) is 2.80. The van der Waals surface area contributed by atoms with Crippen LogP contribution in [0.25, 0.3) is 10.2 Å². The Balaban J connectivity index is 2.06. The minimum Gasteiger partial charge on any atom is -0.369 e.